The van der Waals surface area contributed by atoms with Gasteiger partial charge in [0.1, 0.15) is 18.0 Å². The molecule has 1 fully saturated rings. The molecule has 1 saturated heterocycles. The van der Waals surface area contributed by atoms with Gasteiger partial charge in [0.15, 0.2) is 17.3 Å². The fourth-order valence-corrected chi connectivity index (χ4v) is 4.52. The Bertz CT molecular complexity index is 1600. The molecule has 0 spiro atoms. The van der Waals surface area contributed by atoms with Gasteiger partial charge in [-0.05, 0) is 36.8 Å². The number of carbonyl (C=O) groups excluding carboxylic acids is 2. The number of rotatable bonds is 4. The number of carbonyl (C=O) groups is 2. The summed E-state index contributed by atoms with van der Waals surface area (Å²) in [5.74, 6) is -2.73. The van der Waals surface area contributed by atoms with Crippen molar-refractivity contribution in [1.29, 1.82) is 0 Å². The number of halogens is 5. The van der Waals surface area contributed by atoms with Crippen molar-refractivity contribution < 1.29 is 31.5 Å². The Kier molecular flexibility index (Phi) is 6.40. The van der Waals surface area contributed by atoms with Gasteiger partial charge >= 0.3 is 6.18 Å². The van der Waals surface area contributed by atoms with E-state index >= 15 is 0 Å². The number of anilines is 1. The van der Waals surface area contributed by atoms with Gasteiger partial charge in [-0.1, -0.05) is 12.1 Å². The first-order valence-corrected chi connectivity index (χ1v) is 11.6. The smallest absolute Gasteiger partial charge is 0.382 e. The minimum Gasteiger partial charge on any atom is -0.382 e. The number of aryl methyl sites for hydroxylation is 1. The second-order valence-electron chi connectivity index (χ2n) is 9.02. The van der Waals surface area contributed by atoms with Crippen molar-refractivity contribution in [3.63, 3.8) is 0 Å². The molecule has 2 atom stereocenters. The zero-order chi connectivity index (χ0) is 28.1. The summed E-state index contributed by atoms with van der Waals surface area (Å²) in [4.78, 5) is 34.2. The lowest BCUT2D eigenvalue weighted by atomic mass is 10.0. The first kappa shape index (κ1) is 26.0. The Morgan fingerprint density at radius 3 is 2.62 bits per heavy atom. The molecule has 39 heavy (non-hydrogen) atoms. The normalized spacial score (nSPS) is 17.5. The van der Waals surface area contributed by atoms with E-state index in [9.17, 15) is 31.5 Å². The lowest BCUT2D eigenvalue weighted by Gasteiger charge is -2.17. The predicted molar refractivity (Wildman–Crippen MR) is 129 cm³/mol. The van der Waals surface area contributed by atoms with Crippen LogP contribution < -0.4 is 11.1 Å². The highest BCUT2D eigenvalue weighted by Crippen LogP contribution is 2.38. The topological polar surface area (TPSA) is 119 Å². The molecule has 0 saturated carbocycles. The number of hydrogen-bond donors (Lipinski definition) is 2. The van der Waals surface area contributed by atoms with Crippen LogP contribution in [0.1, 0.15) is 32.0 Å². The van der Waals surface area contributed by atoms with Crippen molar-refractivity contribution >= 4 is 23.1 Å². The number of nitrogens with two attached hydrogens (primary N) is 1. The van der Waals surface area contributed by atoms with E-state index in [-0.39, 0.29) is 35.7 Å². The zero-order valence-electron chi connectivity index (χ0n) is 20.2. The molecule has 3 N–H and O–H groups in total. The van der Waals surface area contributed by atoms with E-state index in [2.05, 4.69) is 20.4 Å². The minimum atomic E-state index is -4.74. The number of nitrogen functional groups attached to an aromatic ring is 1. The van der Waals surface area contributed by atoms with Crippen LogP contribution in [0, 0.1) is 12.7 Å². The van der Waals surface area contributed by atoms with Crippen LogP contribution in [0.2, 0.25) is 0 Å². The number of hydrogen-bond acceptors (Lipinski definition) is 6. The summed E-state index contributed by atoms with van der Waals surface area (Å²) in [6.07, 6.45) is -4.13. The molecule has 4 heterocycles. The van der Waals surface area contributed by atoms with Gasteiger partial charge in [-0.15, -0.1) is 0 Å². The highest BCUT2D eigenvalue weighted by molar-refractivity contribution is 5.97. The highest BCUT2D eigenvalue weighted by Gasteiger charge is 2.39. The molecule has 3 aromatic heterocycles. The van der Waals surface area contributed by atoms with Crippen molar-refractivity contribution in [2.75, 3.05) is 18.8 Å². The molecule has 2 amide bonds. The number of benzene rings is 1. The van der Waals surface area contributed by atoms with Crippen LogP contribution in [-0.4, -0.2) is 61.6 Å². The van der Waals surface area contributed by atoms with E-state index in [4.69, 9.17) is 5.73 Å². The number of nitrogens with one attached hydrogen (secondary N) is 1. The molecule has 0 bridgehead atoms. The standard InChI is InChI=1S/C25H20F5N7O2/c1-12-4-5-13(19-8-15(25(28,29)30)21-22(31)33-11-34-37(19)21)7-14(12)23(38)35-18-10-36(9-17(18)27)24(39)20-16(26)3-2-6-32-20/h2-8,11,17-18H,9-10H2,1H3,(H,35,38)(H2,31,33,34)/t17-,18+/m0/s1. The number of nitrogens with zero attached hydrogens (tertiary/aromatic N) is 5. The van der Waals surface area contributed by atoms with Gasteiger partial charge in [0.2, 0.25) is 0 Å². The third-order valence-corrected chi connectivity index (χ3v) is 6.48. The van der Waals surface area contributed by atoms with Gasteiger partial charge in [-0.25, -0.2) is 23.3 Å². The van der Waals surface area contributed by atoms with Crippen LogP contribution in [0.15, 0.2) is 48.9 Å². The summed E-state index contributed by atoms with van der Waals surface area (Å²) < 4.78 is 70.9. The minimum absolute atomic E-state index is 0.0128. The Hall–Kier alpha value is -4.62. The maximum absolute atomic E-state index is 14.8. The molecule has 1 aliphatic heterocycles. The van der Waals surface area contributed by atoms with Crippen LogP contribution >= 0.6 is 0 Å². The molecular formula is C25H20F5N7O2. The summed E-state index contributed by atoms with van der Waals surface area (Å²) in [5.41, 5.74) is 4.57. The third kappa shape index (κ3) is 4.73. The van der Waals surface area contributed by atoms with Gasteiger partial charge in [0.05, 0.1) is 23.8 Å². The van der Waals surface area contributed by atoms with Crippen molar-refractivity contribution in [2.24, 2.45) is 0 Å². The largest absolute Gasteiger partial charge is 0.418 e. The molecule has 5 rings (SSSR count). The summed E-state index contributed by atoms with van der Waals surface area (Å²) in [6.45, 7) is 1.00. The zero-order valence-corrected chi connectivity index (χ0v) is 20.2. The molecule has 0 unspecified atom stereocenters. The molecule has 1 aliphatic rings. The fourth-order valence-electron chi connectivity index (χ4n) is 4.52. The second-order valence-corrected chi connectivity index (χ2v) is 9.02. The number of likely N-dealkylation sites (tertiary alicyclic amines) is 1. The summed E-state index contributed by atoms with van der Waals surface area (Å²) >= 11 is 0. The van der Waals surface area contributed by atoms with Gasteiger partial charge in [-0.2, -0.15) is 18.3 Å². The maximum atomic E-state index is 14.8. The summed E-state index contributed by atoms with van der Waals surface area (Å²) in [7, 11) is 0. The SMILES string of the molecule is Cc1ccc(-c2cc(C(F)(F)F)c3c(N)ncnn23)cc1C(=O)N[C@@H]1CN(C(=O)c2ncccc2F)C[C@@H]1F. The molecule has 14 heteroatoms. The van der Waals surface area contributed by atoms with E-state index in [1.54, 1.807) is 6.92 Å². The molecule has 0 aliphatic carbocycles. The lowest BCUT2D eigenvalue weighted by Crippen LogP contribution is -2.42. The number of amides is 2. The molecule has 9 nitrogen and oxygen atoms in total. The molecular weight excluding hydrogens is 525 g/mol. The van der Waals surface area contributed by atoms with Crippen LogP contribution in [0.5, 0.6) is 0 Å². The van der Waals surface area contributed by atoms with Crippen molar-refractivity contribution in [3.05, 3.63) is 77.1 Å². The fraction of sp³-hybridized carbons (Fsp3) is 0.240. The molecule has 1 aromatic carbocycles. The van der Waals surface area contributed by atoms with Crippen molar-refractivity contribution in [1.82, 2.24) is 29.8 Å². The van der Waals surface area contributed by atoms with Crippen LogP contribution in [0.3, 0.4) is 0 Å². The van der Waals surface area contributed by atoms with Crippen molar-refractivity contribution in [2.45, 2.75) is 25.3 Å². The molecule has 4 aromatic rings. The Morgan fingerprint density at radius 1 is 1.13 bits per heavy atom. The quantitative estimate of drug-likeness (QED) is 0.380. The average molecular weight is 545 g/mol. The van der Waals surface area contributed by atoms with E-state index in [1.807, 2.05) is 0 Å². The maximum Gasteiger partial charge on any atom is 0.418 e. The van der Waals surface area contributed by atoms with Crippen LogP contribution in [0.25, 0.3) is 16.8 Å². The first-order chi connectivity index (χ1) is 18.5. The van der Waals surface area contributed by atoms with Gasteiger partial charge in [0.25, 0.3) is 11.8 Å². The number of pyridine rings is 1. The van der Waals surface area contributed by atoms with Crippen molar-refractivity contribution in [3.8, 4) is 11.3 Å². The lowest BCUT2D eigenvalue weighted by molar-refractivity contribution is -0.136. The molecule has 202 valence electrons. The highest BCUT2D eigenvalue weighted by atomic mass is 19.4. The van der Waals surface area contributed by atoms with Crippen LogP contribution in [0.4, 0.5) is 27.8 Å². The van der Waals surface area contributed by atoms with Crippen LogP contribution in [-0.2, 0) is 6.18 Å². The second kappa shape index (κ2) is 9.60. The van der Waals surface area contributed by atoms with E-state index < -0.39 is 52.8 Å². The summed E-state index contributed by atoms with van der Waals surface area (Å²) in [6, 6.07) is 6.54. The third-order valence-electron chi connectivity index (χ3n) is 6.48. The first-order valence-electron chi connectivity index (χ1n) is 11.6. The van der Waals surface area contributed by atoms with E-state index in [0.717, 1.165) is 27.9 Å². The van der Waals surface area contributed by atoms with Gasteiger partial charge in [-0.3, -0.25) is 9.59 Å². The monoisotopic (exact) mass is 545 g/mol. The number of fused-ring (bicyclic) bond motifs is 1. The Balaban J connectivity index is 1.42. The summed E-state index contributed by atoms with van der Waals surface area (Å²) in [5, 5.41) is 6.44. The van der Waals surface area contributed by atoms with Gasteiger partial charge < -0.3 is 16.0 Å². The molecule has 0 radical (unpaired) electrons. The average Bonchev–Trinajstić information content (AvgIpc) is 3.46. The predicted octanol–water partition coefficient (Wildman–Crippen LogP) is 3.43. The van der Waals surface area contributed by atoms with E-state index in [0.29, 0.717) is 5.56 Å². The Labute approximate surface area is 217 Å². The number of alkyl halides is 4. The Morgan fingerprint density at radius 2 is 1.90 bits per heavy atom. The van der Waals surface area contributed by atoms with E-state index in [1.165, 1.54) is 30.5 Å². The van der Waals surface area contributed by atoms with Gasteiger partial charge in [0, 0.05) is 23.9 Å². The number of aromatic nitrogens is 4.